The summed E-state index contributed by atoms with van der Waals surface area (Å²) in [5.74, 6) is -1.07. The summed E-state index contributed by atoms with van der Waals surface area (Å²) in [5.41, 5.74) is 1.03. The largest absolute Gasteiger partial charge is 0.376 e. The molecule has 0 aromatic heterocycles. The number of sulfonamides is 1. The van der Waals surface area contributed by atoms with Gasteiger partial charge in [-0.15, -0.1) is 0 Å². The van der Waals surface area contributed by atoms with Crippen LogP contribution in [0.5, 0.6) is 0 Å². The molecule has 0 radical (unpaired) electrons. The molecule has 2 aromatic rings. The molecule has 0 fully saturated rings. The number of benzene rings is 2. The number of hydrogen-bond acceptors (Lipinski definition) is 4. The van der Waals surface area contributed by atoms with Crippen LogP contribution < -0.4 is 10.2 Å². The van der Waals surface area contributed by atoms with E-state index >= 15 is 0 Å². The highest BCUT2D eigenvalue weighted by Gasteiger charge is 2.23. The van der Waals surface area contributed by atoms with Crippen molar-refractivity contribution < 1.29 is 17.6 Å². The molecule has 6 nitrogen and oxygen atoms in total. The second-order valence-corrected chi connectivity index (χ2v) is 8.93. The SMILES string of the molecule is CCN(CC)S(=O)(=O)c1ccc(N(C)C)c(NC(=O)Cc2c(F)cccc2Cl)c1. The lowest BCUT2D eigenvalue weighted by Gasteiger charge is -2.22. The van der Waals surface area contributed by atoms with Gasteiger partial charge < -0.3 is 10.2 Å². The van der Waals surface area contributed by atoms with Crippen LogP contribution >= 0.6 is 11.6 Å². The van der Waals surface area contributed by atoms with Crippen molar-refractivity contribution >= 4 is 38.9 Å². The second-order valence-electron chi connectivity index (χ2n) is 6.59. The summed E-state index contributed by atoms with van der Waals surface area (Å²) in [4.78, 5) is 14.4. The zero-order valence-electron chi connectivity index (χ0n) is 16.9. The highest BCUT2D eigenvalue weighted by molar-refractivity contribution is 7.89. The Balaban J connectivity index is 2.39. The number of hydrogen-bond donors (Lipinski definition) is 1. The predicted octanol–water partition coefficient (Wildman–Crippen LogP) is 3.76. The topological polar surface area (TPSA) is 69.7 Å². The molecule has 0 aliphatic heterocycles. The number of halogens is 2. The molecule has 1 N–H and O–H groups in total. The van der Waals surface area contributed by atoms with Crippen molar-refractivity contribution in [2.24, 2.45) is 0 Å². The highest BCUT2D eigenvalue weighted by atomic mass is 35.5. The smallest absolute Gasteiger partial charge is 0.243 e. The summed E-state index contributed by atoms with van der Waals surface area (Å²) in [6.45, 7) is 4.19. The van der Waals surface area contributed by atoms with E-state index in [0.717, 1.165) is 0 Å². The number of nitrogens with one attached hydrogen (secondary N) is 1. The predicted molar refractivity (Wildman–Crippen MR) is 115 cm³/mol. The van der Waals surface area contributed by atoms with Crippen molar-refractivity contribution in [3.05, 3.63) is 52.8 Å². The van der Waals surface area contributed by atoms with Gasteiger partial charge in [0.2, 0.25) is 15.9 Å². The molecule has 2 rings (SSSR count). The van der Waals surface area contributed by atoms with Crippen molar-refractivity contribution in [1.82, 2.24) is 4.31 Å². The van der Waals surface area contributed by atoms with Gasteiger partial charge in [-0.2, -0.15) is 4.31 Å². The summed E-state index contributed by atoms with van der Waals surface area (Å²) < 4.78 is 41.0. The number of carbonyl (C=O) groups excluding carboxylic acids is 1. The molecule has 1 amide bonds. The Labute approximate surface area is 176 Å². The summed E-state index contributed by atoms with van der Waals surface area (Å²) in [7, 11) is -0.142. The highest BCUT2D eigenvalue weighted by Crippen LogP contribution is 2.29. The summed E-state index contributed by atoms with van der Waals surface area (Å²) in [6.07, 6.45) is -0.272. The van der Waals surface area contributed by atoms with Crippen molar-refractivity contribution in [2.75, 3.05) is 37.4 Å². The molecular formula is C20H25ClFN3O3S. The summed E-state index contributed by atoms with van der Waals surface area (Å²) in [5, 5.41) is 2.85. The molecule has 0 heterocycles. The minimum absolute atomic E-state index is 0.0750. The fourth-order valence-corrected chi connectivity index (χ4v) is 4.65. The first-order chi connectivity index (χ1) is 13.6. The minimum atomic E-state index is -3.69. The Kier molecular flexibility index (Phi) is 7.62. The van der Waals surface area contributed by atoms with Crippen LogP contribution in [0.25, 0.3) is 0 Å². The quantitative estimate of drug-likeness (QED) is 0.677. The van der Waals surface area contributed by atoms with Gasteiger partial charge in [0.05, 0.1) is 22.7 Å². The average Bonchev–Trinajstić information content (AvgIpc) is 2.65. The van der Waals surface area contributed by atoms with Crippen LogP contribution in [0.4, 0.5) is 15.8 Å². The lowest BCUT2D eigenvalue weighted by molar-refractivity contribution is -0.115. The molecule has 0 unspecified atom stereocenters. The van der Waals surface area contributed by atoms with Crippen LogP contribution in [0, 0.1) is 5.82 Å². The van der Waals surface area contributed by atoms with Gasteiger partial charge in [0.25, 0.3) is 0 Å². The van der Waals surface area contributed by atoms with Gasteiger partial charge in [-0.05, 0) is 30.3 Å². The van der Waals surface area contributed by atoms with E-state index in [9.17, 15) is 17.6 Å². The van der Waals surface area contributed by atoms with E-state index in [2.05, 4.69) is 5.32 Å². The van der Waals surface area contributed by atoms with Crippen LogP contribution in [-0.2, 0) is 21.2 Å². The molecule has 29 heavy (non-hydrogen) atoms. The molecule has 0 aliphatic rings. The van der Waals surface area contributed by atoms with E-state index in [1.807, 2.05) is 0 Å². The monoisotopic (exact) mass is 441 g/mol. The average molecular weight is 442 g/mol. The molecule has 0 saturated carbocycles. The van der Waals surface area contributed by atoms with Crippen LogP contribution in [0.3, 0.4) is 0 Å². The third-order valence-corrected chi connectivity index (χ3v) is 6.87. The van der Waals surface area contributed by atoms with Crippen LogP contribution in [-0.4, -0.2) is 45.8 Å². The second kappa shape index (κ2) is 9.56. The van der Waals surface area contributed by atoms with Crippen LogP contribution in [0.15, 0.2) is 41.3 Å². The molecule has 0 atom stereocenters. The van der Waals surface area contributed by atoms with Gasteiger partial charge in [0, 0.05) is 37.8 Å². The molecule has 0 aliphatic carbocycles. The van der Waals surface area contributed by atoms with Gasteiger partial charge in [-0.25, -0.2) is 12.8 Å². The van der Waals surface area contributed by atoms with Crippen molar-refractivity contribution in [3.8, 4) is 0 Å². The van der Waals surface area contributed by atoms with Crippen molar-refractivity contribution in [3.63, 3.8) is 0 Å². The molecule has 2 aromatic carbocycles. The van der Waals surface area contributed by atoms with E-state index < -0.39 is 21.7 Å². The minimum Gasteiger partial charge on any atom is -0.376 e. The molecular weight excluding hydrogens is 417 g/mol. The molecule has 0 saturated heterocycles. The Hall–Kier alpha value is -2.16. The number of anilines is 2. The Morgan fingerprint density at radius 2 is 1.79 bits per heavy atom. The standard InChI is InChI=1S/C20H25ClFN3O3S/c1-5-25(6-2)29(27,28)14-10-11-19(24(3)4)18(12-14)23-20(26)13-15-16(21)8-7-9-17(15)22/h7-12H,5-6,13H2,1-4H3,(H,23,26). The van der Waals surface area contributed by atoms with Gasteiger partial charge in [0.1, 0.15) is 5.82 Å². The number of carbonyl (C=O) groups is 1. The first-order valence-corrected chi connectivity index (χ1v) is 11.0. The first kappa shape index (κ1) is 23.1. The number of nitrogens with zero attached hydrogens (tertiary/aromatic N) is 2. The fraction of sp³-hybridized carbons (Fsp3) is 0.350. The van der Waals surface area contributed by atoms with Gasteiger partial charge in [-0.3, -0.25) is 4.79 Å². The molecule has 9 heteroatoms. The maximum atomic E-state index is 14.0. The van der Waals surface area contributed by atoms with E-state index in [-0.39, 0.29) is 21.9 Å². The first-order valence-electron chi connectivity index (χ1n) is 9.16. The van der Waals surface area contributed by atoms with Crippen LogP contribution in [0.1, 0.15) is 19.4 Å². The number of rotatable bonds is 8. The van der Waals surface area contributed by atoms with Crippen molar-refractivity contribution in [2.45, 2.75) is 25.2 Å². The van der Waals surface area contributed by atoms with Gasteiger partial charge in [-0.1, -0.05) is 31.5 Å². The van der Waals surface area contributed by atoms with Crippen LogP contribution in [0.2, 0.25) is 5.02 Å². The number of amides is 1. The lowest BCUT2D eigenvalue weighted by Crippen LogP contribution is -2.30. The van der Waals surface area contributed by atoms with Gasteiger partial charge >= 0.3 is 0 Å². The third kappa shape index (κ3) is 5.26. The lowest BCUT2D eigenvalue weighted by atomic mass is 10.1. The van der Waals surface area contributed by atoms with E-state index in [1.54, 1.807) is 38.9 Å². The zero-order chi connectivity index (χ0) is 21.8. The summed E-state index contributed by atoms with van der Waals surface area (Å²) in [6, 6.07) is 8.76. The summed E-state index contributed by atoms with van der Waals surface area (Å²) >= 11 is 6.00. The molecule has 158 valence electrons. The van der Waals surface area contributed by atoms with E-state index in [4.69, 9.17) is 11.6 Å². The maximum Gasteiger partial charge on any atom is 0.243 e. The molecule has 0 bridgehead atoms. The van der Waals surface area contributed by atoms with E-state index in [1.165, 1.54) is 34.6 Å². The molecule has 0 spiro atoms. The normalized spacial score (nSPS) is 11.6. The Morgan fingerprint density at radius 3 is 2.34 bits per heavy atom. The fourth-order valence-electron chi connectivity index (χ4n) is 2.93. The Morgan fingerprint density at radius 1 is 1.14 bits per heavy atom. The Bertz CT molecular complexity index is 972. The third-order valence-electron chi connectivity index (χ3n) is 4.47. The zero-order valence-corrected chi connectivity index (χ0v) is 18.4. The van der Waals surface area contributed by atoms with E-state index in [0.29, 0.717) is 24.5 Å². The van der Waals surface area contributed by atoms with Crippen molar-refractivity contribution in [1.29, 1.82) is 0 Å². The van der Waals surface area contributed by atoms with Gasteiger partial charge in [0.15, 0.2) is 0 Å². The maximum absolute atomic E-state index is 14.0.